The molecule has 0 saturated carbocycles. The third-order valence-corrected chi connectivity index (χ3v) is 3.04. The Kier molecular flexibility index (Phi) is 3.08. The van der Waals surface area contributed by atoms with E-state index >= 15 is 0 Å². The maximum atomic E-state index is 4.39. The summed E-state index contributed by atoms with van der Waals surface area (Å²) in [5, 5.41) is 8.49. The molecule has 0 radical (unpaired) electrons. The molecule has 4 nitrogen and oxygen atoms in total. The van der Waals surface area contributed by atoms with Gasteiger partial charge in [-0.25, -0.2) is 0 Å². The SMILES string of the molecule is Cn1cc(CNC2=NCCCS2)cn1. The van der Waals surface area contributed by atoms with Gasteiger partial charge in [0.1, 0.15) is 0 Å². The van der Waals surface area contributed by atoms with Crippen LogP contribution in [0.2, 0.25) is 0 Å². The summed E-state index contributed by atoms with van der Waals surface area (Å²) in [5.41, 5.74) is 1.20. The number of hydrogen-bond donors (Lipinski definition) is 1. The van der Waals surface area contributed by atoms with Crippen LogP contribution >= 0.6 is 11.8 Å². The summed E-state index contributed by atoms with van der Waals surface area (Å²) in [6.07, 6.45) is 5.09. The van der Waals surface area contributed by atoms with Crippen LogP contribution in [0.3, 0.4) is 0 Å². The van der Waals surface area contributed by atoms with Gasteiger partial charge in [-0.1, -0.05) is 11.8 Å². The van der Waals surface area contributed by atoms with Gasteiger partial charge in [0.25, 0.3) is 0 Å². The molecule has 1 aliphatic heterocycles. The minimum atomic E-state index is 0.819. The van der Waals surface area contributed by atoms with Crippen LogP contribution < -0.4 is 5.32 Å². The third-order valence-electron chi connectivity index (χ3n) is 2.00. The van der Waals surface area contributed by atoms with E-state index in [1.165, 1.54) is 17.7 Å². The summed E-state index contributed by atoms with van der Waals surface area (Å²) in [6.45, 7) is 1.78. The van der Waals surface area contributed by atoms with Gasteiger partial charge in [-0.3, -0.25) is 9.67 Å². The van der Waals surface area contributed by atoms with Crippen LogP contribution in [0.5, 0.6) is 0 Å². The van der Waals surface area contributed by atoms with Crippen molar-refractivity contribution in [2.45, 2.75) is 13.0 Å². The minimum absolute atomic E-state index is 0.819. The molecule has 0 bridgehead atoms. The number of aliphatic imine (C=N–C) groups is 1. The lowest BCUT2D eigenvalue weighted by molar-refractivity contribution is 0.766. The van der Waals surface area contributed by atoms with Gasteiger partial charge in [0, 0.05) is 37.7 Å². The first-order valence-electron chi connectivity index (χ1n) is 4.73. The van der Waals surface area contributed by atoms with Gasteiger partial charge in [0.05, 0.1) is 6.20 Å². The smallest absolute Gasteiger partial charge is 0.156 e. The first-order chi connectivity index (χ1) is 6.84. The summed E-state index contributed by atoms with van der Waals surface area (Å²) in [4.78, 5) is 4.39. The topological polar surface area (TPSA) is 42.2 Å². The van der Waals surface area contributed by atoms with Crippen molar-refractivity contribution in [1.82, 2.24) is 15.1 Å². The van der Waals surface area contributed by atoms with Crippen LogP contribution in [0.4, 0.5) is 0 Å². The number of thioether (sulfide) groups is 1. The maximum Gasteiger partial charge on any atom is 0.156 e. The highest BCUT2D eigenvalue weighted by atomic mass is 32.2. The highest BCUT2D eigenvalue weighted by Gasteiger charge is 2.05. The average Bonchev–Trinajstić information content (AvgIpc) is 2.63. The van der Waals surface area contributed by atoms with E-state index in [1.807, 2.05) is 24.1 Å². The van der Waals surface area contributed by atoms with E-state index in [0.717, 1.165) is 18.3 Å². The Balaban J connectivity index is 1.84. The Labute approximate surface area is 87.8 Å². The average molecular weight is 210 g/mol. The molecule has 5 heteroatoms. The second-order valence-corrected chi connectivity index (χ2v) is 4.35. The Bertz CT molecular complexity index is 331. The van der Waals surface area contributed by atoms with Gasteiger partial charge >= 0.3 is 0 Å². The Morgan fingerprint density at radius 2 is 2.57 bits per heavy atom. The van der Waals surface area contributed by atoms with Crippen molar-refractivity contribution in [2.24, 2.45) is 12.0 Å². The van der Waals surface area contributed by atoms with E-state index in [-0.39, 0.29) is 0 Å². The molecule has 0 fully saturated rings. The number of amidine groups is 1. The summed E-state index contributed by atoms with van der Waals surface area (Å²) < 4.78 is 1.81. The summed E-state index contributed by atoms with van der Waals surface area (Å²) in [5.74, 6) is 1.18. The third kappa shape index (κ3) is 2.51. The number of aryl methyl sites for hydroxylation is 1. The molecule has 14 heavy (non-hydrogen) atoms. The highest BCUT2D eigenvalue weighted by molar-refractivity contribution is 8.13. The molecule has 0 unspecified atom stereocenters. The fraction of sp³-hybridized carbons (Fsp3) is 0.556. The van der Waals surface area contributed by atoms with E-state index in [9.17, 15) is 0 Å². The number of hydrogen-bond acceptors (Lipinski definition) is 4. The van der Waals surface area contributed by atoms with Gasteiger partial charge < -0.3 is 5.32 Å². The molecule has 0 atom stereocenters. The Hall–Kier alpha value is -0.970. The fourth-order valence-electron chi connectivity index (χ4n) is 1.31. The first-order valence-corrected chi connectivity index (χ1v) is 5.72. The van der Waals surface area contributed by atoms with Crippen molar-refractivity contribution in [1.29, 1.82) is 0 Å². The maximum absolute atomic E-state index is 4.39. The molecular formula is C9H14N4S. The zero-order chi connectivity index (χ0) is 9.80. The van der Waals surface area contributed by atoms with Crippen molar-refractivity contribution in [3.63, 3.8) is 0 Å². The van der Waals surface area contributed by atoms with E-state index < -0.39 is 0 Å². The quantitative estimate of drug-likeness (QED) is 0.792. The van der Waals surface area contributed by atoms with Crippen molar-refractivity contribution in [3.05, 3.63) is 18.0 Å². The molecule has 0 aromatic carbocycles. The molecular weight excluding hydrogens is 196 g/mol. The normalized spacial score (nSPS) is 16.5. The zero-order valence-corrected chi connectivity index (χ0v) is 9.05. The van der Waals surface area contributed by atoms with Crippen LogP contribution in [0.25, 0.3) is 0 Å². The molecule has 0 amide bonds. The summed E-state index contributed by atoms with van der Waals surface area (Å²) in [7, 11) is 1.93. The van der Waals surface area contributed by atoms with Gasteiger partial charge in [0.15, 0.2) is 5.17 Å². The Morgan fingerprint density at radius 1 is 1.64 bits per heavy atom. The van der Waals surface area contributed by atoms with Crippen LogP contribution in [0, 0.1) is 0 Å². The molecule has 1 aromatic rings. The second-order valence-electron chi connectivity index (χ2n) is 3.26. The molecule has 2 rings (SSSR count). The van der Waals surface area contributed by atoms with E-state index in [1.54, 1.807) is 11.8 Å². The number of rotatable bonds is 2. The van der Waals surface area contributed by atoms with Crippen LogP contribution in [0.1, 0.15) is 12.0 Å². The molecule has 0 saturated heterocycles. The predicted octanol–water partition coefficient (Wildman–Crippen LogP) is 1.00. The molecule has 1 N–H and O–H groups in total. The molecule has 1 aromatic heterocycles. The summed E-state index contributed by atoms with van der Waals surface area (Å²) >= 11 is 1.80. The van der Waals surface area contributed by atoms with Crippen molar-refractivity contribution in [3.8, 4) is 0 Å². The zero-order valence-electron chi connectivity index (χ0n) is 8.23. The monoisotopic (exact) mass is 210 g/mol. The number of nitrogens with zero attached hydrogens (tertiary/aromatic N) is 3. The lowest BCUT2D eigenvalue weighted by Gasteiger charge is -2.12. The molecule has 0 spiro atoms. The van der Waals surface area contributed by atoms with E-state index in [0.29, 0.717) is 0 Å². The molecule has 76 valence electrons. The second kappa shape index (κ2) is 4.50. The highest BCUT2D eigenvalue weighted by Crippen LogP contribution is 2.10. The first kappa shape index (κ1) is 9.58. The Morgan fingerprint density at radius 3 is 3.21 bits per heavy atom. The molecule has 2 heterocycles. The van der Waals surface area contributed by atoms with Crippen molar-refractivity contribution >= 4 is 16.9 Å². The van der Waals surface area contributed by atoms with Gasteiger partial charge in [0.2, 0.25) is 0 Å². The number of nitrogens with one attached hydrogen (secondary N) is 1. The summed E-state index contributed by atoms with van der Waals surface area (Å²) in [6, 6.07) is 0. The van der Waals surface area contributed by atoms with Crippen LogP contribution in [0.15, 0.2) is 17.4 Å². The van der Waals surface area contributed by atoms with E-state index in [2.05, 4.69) is 15.4 Å². The fourth-order valence-corrected chi connectivity index (χ4v) is 2.13. The largest absolute Gasteiger partial charge is 0.361 e. The van der Waals surface area contributed by atoms with Crippen LogP contribution in [-0.4, -0.2) is 27.2 Å². The lowest BCUT2D eigenvalue weighted by atomic mass is 10.4. The van der Waals surface area contributed by atoms with Gasteiger partial charge in [-0.2, -0.15) is 5.10 Å². The standard InChI is InChI=1S/C9H14N4S/c1-13-7-8(6-12-13)5-11-9-10-3-2-4-14-9/h6-7H,2-5H2,1H3,(H,10,11). The lowest BCUT2D eigenvalue weighted by Crippen LogP contribution is -2.22. The van der Waals surface area contributed by atoms with Crippen molar-refractivity contribution in [2.75, 3.05) is 12.3 Å². The number of aromatic nitrogens is 2. The molecule has 0 aliphatic carbocycles. The van der Waals surface area contributed by atoms with Gasteiger partial charge in [-0.15, -0.1) is 0 Å². The predicted molar refractivity (Wildman–Crippen MR) is 59.4 cm³/mol. The molecule has 1 aliphatic rings. The van der Waals surface area contributed by atoms with Crippen LogP contribution in [-0.2, 0) is 13.6 Å². The minimum Gasteiger partial charge on any atom is -0.361 e. The van der Waals surface area contributed by atoms with Crippen molar-refractivity contribution < 1.29 is 0 Å². The van der Waals surface area contributed by atoms with Gasteiger partial charge in [-0.05, 0) is 6.42 Å². The van der Waals surface area contributed by atoms with E-state index in [4.69, 9.17) is 0 Å².